The van der Waals surface area contributed by atoms with Gasteiger partial charge in [-0.15, -0.1) is 10.2 Å². The first kappa shape index (κ1) is 18.2. The molecule has 0 saturated heterocycles. The normalized spacial score (nSPS) is 10.6. The standard InChI is InChI=1S/C23H21N3OS/c1-16-6-10-20(11-7-16)24-23-26-25-22(28-23)19-5-3-4-18(15-19)14-17-8-12-21(27-2)13-9-17/h3-13,15H,14H2,1-2H3,(H,24,26). The highest BCUT2D eigenvalue weighted by Crippen LogP contribution is 2.29. The molecule has 4 aromatic rings. The number of aryl methyl sites for hydroxylation is 1. The SMILES string of the molecule is COc1ccc(Cc2cccc(-c3nnc(Nc4ccc(C)cc4)s3)c2)cc1. The monoisotopic (exact) mass is 387 g/mol. The Bertz CT molecular complexity index is 1060. The highest BCUT2D eigenvalue weighted by molar-refractivity contribution is 7.18. The van der Waals surface area contributed by atoms with Crippen LogP contribution in [0.2, 0.25) is 0 Å². The maximum absolute atomic E-state index is 5.23. The second-order valence-corrected chi connectivity index (χ2v) is 7.61. The molecule has 5 heteroatoms. The van der Waals surface area contributed by atoms with Crippen LogP contribution in [0.5, 0.6) is 5.75 Å². The minimum atomic E-state index is 0.791. The van der Waals surface area contributed by atoms with Gasteiger partial charge in [-0.1, -0.05) is 59.4 Å². The number of aromatic nitrogens is 2. The van der Waals surface area contributed by atoms with E-state index in [1.54, 1.807) is 18.4 Å². The van der Waals surface area contributed by atoms with E-state index < -0.39 is 0 Å². The Hall–Kier alpha value is -3.18. The second kappa shape index (κ2) is 8.23. The third-order valence-electron chi connectivity index (χ3n) is 4.47. The molecule has 0 atom stereocenters. The topological polar surface area (TPSA) is 47.0 Å². The molecule has 28 heavy (non-hydrogen) atoms. The highest BCUT2D eigenvalue weighted by atomic mass is 32.1. The Kier molecular flexibility index (Phi) is 5.35. The summed E-state index contributed by atoms with van der Waals surface area (Å²) in [5, 5.41) is 13.7. The molecule has 0 aliphatic rings. The Balaban J connectivity index is 1.49. The van der Waals surface area contributed by atoms with Crippen LogP contribution in [-0.2, 0) is 6.42 Å². The summed E-state index contributed by atoms with van der Waals surface area (Å²) >= 11 is 1.56. The van der Waals surface area contributed by atoms with Crippen molar-refractivity contribution < 1.29 is 4.74 Å². The van der Waals surface area contributed by atoms with Gasteiger partial charge in [0.25, 0.3) is 0 Å². The van der Waals surface area contributed by atoms with Crippen LogP contribution in [0.25, 0.3) is 10.6 Å². The zero-order chi connectivity index (χ0) is 19.3. The maximum atomic E-state index is 5.23. The highest BCUT2D eigenvalue weighted by Gasteiger charge is 2.08. The van der Waals surface area contributed by atoms with E-state index in [1.165, 1.54) is 16.7 Å². The largest absolute Gasteiger partial charge is 0.497 e. The van der Waals surface area contributed by atoms with Crippen LogP contribution in [0.4, 0.5) is 10.8 Å². The van der Waals surface area contributed by atoms with E-state index in [-0.39, 0.29) is 0 Å². The Labute approximate surface area is 168 Å². The number of rotatable bonds is 6. The van der Waals surface area contributed by atoms with Crippen LogP contribution in [-0.4, -0.2) is 17.3 Å². The zero-order valence-electron chi connectivity index (χ0n) is 15.8. The minimum absolute atomic E-state index is 0.791. The summed E-state index contributed by atoms with van der Waals surface area (Å²) < 4.78 is 5.23. The summed E-state index contributed by atoms with van der Waals surface area (Å²) in [6.45, 7) is 2.08. The van der Waals surface area contributed by atoms with Crippen LogP contribution in [0.15, 0.2) is 72.8 Å². The van der Waals surface area contributed by atoms with E-state index in [0.29, 0.717) is 0 Å². The molecule has 0 amide bonds. The fourth-order valence-corrected chi connectivity index (χ4v) is 3.70. The molecule has 0 aliphatic heterocycles. The molecule has 4 rings (SSSR count). The number of hydrogen-bond donors (Lipinski definition) is 1. The van der Waals surface area contributed by atoms with Crippen molar-refractivity contribution >= 4 is 22.2 Å². The Morgan fingerprint density at radius 2 is 1.68 bits per heavy atom. The zero-order valence-corrected chi connectivity index (χ0v) is 16.7. The molecule has 0 unspecified atom stereocenters. The van der Waals surface area contributed by atoms with E-state index in [0.717, 1.165) is 33.6 Å². The number of ether oxygens (including phenoxy) is 1. The average Bonchev–Trinajstić information content (AvgIpc) is 3.19. The predicted octanol–water partition coefficient (Wildman–Crippen LogP) is 5.86. The van der Waals surface area contributed by atoms with Crippen molar-refractivity contribution in [3.63, 3.8) is 0 Å². The number of methoxy groups -OCH3 is 1. The molecule has 0 spiro atoms. The summed E-state index contributed by atoms with van der Waals surface area (Å²) in [4.78, 5) is 0. The third-order valence-corrected chi connectivity index (χ3v) is 5.36. The summed E-state index contributed by atoms with van der Waals surface area (Å²) in [5.41, 5.74) is 5.82. The molecule has 3 aromatic carbocycles. The molecule has 4 nitrogen and oxygen atoms in total. The number of nitrogens with zero attached hydrogens (tertiary/aromatic N) is 2. The first-order valence-corrected chi connectivity index (χ1v) is 9.91. The van der Waals surface area contributed by atoms with Gasteiger partial charge in [-0.25, -0.2) is 0 Å². The van der Waals surface area contributed by atoms with Gasteiger partial charge in [-0.3, -0.25) is 0 Å². The summed E-state index contributed by atoms with van der Waals surface area (Å²) in [5.74, 6) is 0.875. The molecule has 140 valence electrons. The summed E-state index contributed by atoms with van der Waals surface area (Å²) in [7, 11) is 1.68. The van der Waals surface area contributed by atoms with Gasteiger partial charge in [0.2, 0.25) is 5.13 Å². The number of anilines is 2. The van der Waals surface area contributed by atoms with E-state index in [1.807, 2.05) is 24.3 Å². The number of nitrogens with one attached hydrogen (secondary N) is 1. The molecule has 0 bridgehead atoms. The number of benzene rings is 3. The number of hydrogen-bond acceptors (Lipinski definition) is 5. The van der Waals surface area contributed by atoms with Crippen molar-refractivity contribution in [1.82, 2.24) is 10.2 Å². The van der Waals surface area contributed by atoms with Crippen molar-refractivity contribution in [3.8, 4) is 16.3 Å². The van der Waals surface area contributed by atoms with Gasteiger partial charge in [0.15, 0.2) is 0 Å². The molecule has 0 radical (unpaired) electrons. The van der Waals surface area contributed by atoms with Gasteiger partial charge >= 0.3 is 0 Å². The molecular formula is C23H21N3OS. The van der Waals surface area contributed by atoms with Crippen molar-refractivity contribution in [2.75, 3.05) is 12.4 Å². The lowest BCUT2D eigenvalue weighted by Crippen LogP contribution is -1.90. The lowest BCUT2D eigenvalue weighted by atomic mass is 10.0. The molecule has 0 aliphatic carbocycles. The van der Waals surface area contributed by atoms with Gasteiger partial charge in [0, 0.05) is 11.3 Å². The van der Waals surface area contributed by atoms with Gasteiger partial charge < -0.3 is 10.1 Å². The van der Waals surface area contributed by atoms with Crippen molar-refractivity contribution in [2.24, 2.45) is 0 Å². The lowest BCUT2D eigenvalue weighted by Gasteiger charge is -2.05. The van der Waals surface area contributed by atoms with Gasteiger partial charge in [-0.05, 0) is 54.8 Å². The Morgan fingerprint density at radius 1 is 0.893 bits per heavy atom. The quantitative estimate of drug-likeness (QED) is 0.450. The smallest absolute Gasteiger partial charge is 0.210 e. The van der Waals surface area contributed by atoms with E-state index in [4.69, 9.17) is 4.74 Å². The Morgan fingerprint density at radius 3 is 2.43 bits per heavy atom. The van der Waals surface area contributed by atoms with Gasteiger partial charge in [-0.2, -0.15) is 0 Å². The van der Waals surface area contributed by atoms with Crippen LogP contribution >= 0.6 is 11.3 Å². The first-order valence-electron chi connectivity index (χ1n) is 9.09. The molecular weight excluding hydrogens is 366 g/mol. The first-order chi connectivity index (χ1) is 13.7. The molecule has 1 heterocycles. The molecule has 1 N–H and O–H groups in total. The third kappa shape index (κ3) is 4.38. The fourth-order valence-electron chi connectivity index (χ4n) is 2.94. The van der Waals surface area contributed by atoms with E-state index >= 15 is 0 Å². The molecule has 0 fully saturated rings. The summed E-state index contributed by atoms with van der Waals surface area (Å²) in [6, 6.07) is 24.9. The van der Waals surface area contributed by atoms with E-state index in [9.17, 15) is 0 Å². The predicted molar refractivity (Wildman–Crippen MR) is 116 cm³/mol. The van der Waals surface area contributed by atoms with Crippen LogP contribution in [0.1, 0.15) is 16.7 Å². The molecule has 1 aromatic heterocycles. The van der Waals surface area contributed by atoms with Gasteiger partial charge in [0.1, 0.15) is 10.8 Å². The summed E-state index contributed by atoms with van der Waals surface area (Å²) in [6.07, 6.45) is 0.866. The maximum Gasteiger partial charge on any atom is 0.210 e. The minimum Gasteiger partial charge on any atom is -0.497 e. The van der Waals surface area contributed by atoms with Crippen LogP contribution in [0.3, 0.4) is 0 Å². The van der Waals surface area contributed by atoms with Crippen LogP contribution in [0, 0.1) is 6.92 Å². The lowest BCUT2D eigenvalue weighted by molar-refractivity contribution is 0.414. The van der Waals surface area contributed by atoms with E-state index in [2.05, 4.69) is 71.0 Å². The van der Waals surface area contributed by atoms with Crippen molar-refractivity contribution in [1.29, 1.82) is 0 Å². The van der Waals surface area contributed by atoms with Crippen molar-refractivity contribution in [3.05, 3.63) is 89.5 Å². The fraction of sp³-hybridized carbons (Fsp3) is 0.130. The molecule has 0 saturated carbocycles. The van der Waals surface area contributed by atoms with Crippen molar-refractivity contribution in [2.45, 2.75) is 13.3 Å². The second-order valence-electron chi connectivity index (χ2n) is 6.63. The van der Waals surface area contributed by atoms with Crippen LogP contribution < -0.4 is 10.1 Å². The average molecular weight is 388 g/mol. The van der Waals surface area contributed by atoms with Gasteiger partial charge in [0.05, 0.1) is 7.11 Å².